The zero-order chi connectivity index (χ0) is 11.6. The standard InChI is InChI=1S/C13H12N2O/c1-13(2,9-14)11-8-16-12(15-11)10-6-4-3-5-7-10/h3-8H,1-2H3. The van der Waals surface area contributed by atoms with E-state index in [1.807, 2.05) is 44.2 Å². The Morgan fingerprint density at radius 3 is 2.56 bits per heavy atom. The fourth-order valence-electron chi connectivity index (χ4n) is 1.33. The van der Waals surface area contributed by atoms with E-state index in [-0.39, 0.29) is 0 Å². The highest BCUT2D eigenvalue weighted by Gasteiger charge is 2.24. The van der Waals surface area contributed by atoms with Crippen LogP contribution < -0.4 is 0 Å². The first kappa shape index (κ1) is 10.4. The van der Waals surface area contributed by atoms with Gasteiger partial charge >= 0.3 is 0 Å². The molecular weight excluding hydrogens is 200 g/mol. The summed E-state index contributed by atoms with van der Waals surface area (Å²) in [6.07, 6.45) is 1.55. The van der Waals surface area contributed by atoms with Crippen molar-refractivity contribution in [1.82, 2.24) is 4.98 Å². The Kier molecular flexibility index (Phi) is 2.49. The van der Waals surface area contributed by atoms with E-state index >= 15 is 0 Å². The van der Waals surface area contributed by atoms with Crippen molar-refractivity contribution in [2.75, 3.05) is 0 Å². The van der Waals surface area contributed by atoms with Crippen LogP contribution in [0, 0.1) is 11.3 Å². The summed E-state index contributed by atoms with van der Waals surface area (Å²) in [6.45, 7) is 3.64. The molecule has 3 nitrogen and oxygen atoms in total. The van der Waals surface area contributed by atoms with Crippen molar-refractivity contribution < 1.29 is 4.42 Å². The van der Waals surface area contributed by atoms with E-state index < -0.39 is 5.41 Å². The van der Waals surface area contributed by atoms with Gasteiger partial charge in [0, 0.05) is 5.56 Å². The molecule has 0 aliphatic carbocycles. The monoisotopic (exact) mass is 212 g/mol. The van der Waals surface area contributed by atoms with Crippen LogP contribution in [0.3, 0.4) is 0 Å². The first-order valence-electron chi connectivity index (χ1n) is 5.06. The van der Waals surface area contributed by atoms with Gasteiger partial charge in [-0.25, -0.2) is 4.98 Å². The van der Waals surface area contributed by atoms with E-state index in [1.165, 1.54) is 0 Å². The second-order valence-corrected chi connectivity index (χ2v) is 4.14. The normalized spacial score (nSPS) is 11.1. The van der Waals surface area contributed by atoms with Crippen LogP contribution in [-0.2, 0) is 5.41 Å². The lowest BCUT2D eigenvalue weighted by molar-refractivity contribution is 0.565. The molecule has 0 unspecified atom stereocenters. The summed E-state index contributed by atoms with van der Waals surface area (Å²) in [5.41, 5.74) is 0.965. The number of benzene rings is 1. The number of rotatable bonds is 2. The van der Waals surface area contributed by atoms with Gasteiger partial charge in [0.1, 0.15) is 6.26 Å². The first-order chi connectivity index (χ1) is 7.63. The maximum Gasteiger partial charge on any atom is 0.226 e. The van der Waals surface area contributed by atoms with Gasteiger partial charge in [-0.1, -0.05) is 18.2 Å². The molecule has 1 aromatic carbocycles. The Morgan fingerprint density at radius 1 is 1.25 bits per heavy atom. The summed E-state index contributed by atoms with van der Waals surface area (Å²) in [4.78, 5) is 4.33. The van der Waals surface area contributed by atoms with Crippen LogP contribution in [-0.4, -0.2) is 4.98 Å². The number of hydrogen-bond donors (Lipinski definition) is 0. The van der Waals surface area contributed by atoms with Gasteiger partial charge in [-0.15, -0.1) is 0 Å². The van der Waals surface area contributed by atoms with E-state index in [1.54, 1.807) is 6.26 Å². The van der Waals surface area contributed by atoms with Crippen molar-refractivity contribution in [3.63, 3.8) is 0 Å². The largest absolute Gasteiger partial charge is 0.444 e. The molecule has 0 saturated heterocycles. The molecule has 0 bridgehead atoms. The number of hydrogen-bond acceptors (Lipinski definition) is 3. The summed E-state index contributed by atoms with van der Waals surface area (Å²) in [6, 6.07) is 11.8. The minimum absolute atomic E-state index is 0.555. The second-order valence-electron chi connectivity index (χ2n) is 4.14. The van der Waals surface area contributed by atoms with Crippen molar-refractivity contribution in [2.24, 2.45) is 0 Å². The number of oxazole rings is 1. The lowest BCUT2D eigenvalue weighted by atomic mass is 9.92. The molecule has 0 atom stereocenters. The molecule has 0 aliphatic rings. The summed E-state index contributed by atoms with van der Waals surface area (Å²) < 4.78 is 5.38. The van der Waals surface area contributed by atoms with Gasteiger partial charge in [-0.2, -0.15) is 5.26 Å². The van der Waals surface area contributed by atoms with E-state index in [2.05, 4.69) is 11.1 Å². The Morgan fingerprint density at radius 2 is 1.94 bits per heavy atom. The van der Waals surface area contributed by atoms with Crippen molar-refractivity contribution in [3.05, 3.63) is 42.3 Å². The average Bonchev–Trinajstić information content (AvgIpc) is 2.80. The lowest BCUT2D eigenvalue weighted by Gasteiger charge is -2.09. The molecule has 0 aliphatic heterocycles. The van der Waals surface area contributed by atoms with E-state index in [4.69, 9.17) is 9.68 Å². The molecule has 2 aromatic rings. The van der Waals surface area contributed by atoms with E-state index in [9.17, 15) is 0 Å². The number of nitriles is 1. The Labute approximate surface area is 94.4 Å². The van der Waals surface area contributed by atoms with Gasteiger partial charge in [0.2, 0.25) is 5.89 Å². The van der Waals surface area contributed by atoms with Crippen LogP contribution in [0.2, 0.25) is 0 Å². The molecule has 0 radical (unpaired) electrons. The minimum atomic E-state index is -0.615. The quantitative estimate of drug-likeness (QED) is 0.768. The van der Waals surface area contributed by atoms with Gasteiger partial charge in [-0.3, -0.25) is 0 Å². The van der Waals surface area contributed by atoms with Crippen molar-refractivity contribution in [1.29, 1.82) is 5.26 Å². The number of nitrogens with zero attached hydrogens (tertiary/aromatic N) is 2. The van der Waals surface area contributed by atoms with Crippen LogP contribution in [0.1, 0.15) is 19.5 Å². The highest BCUT2D eigenvalue weighted by atomic mass is 16.3. The Balaban J connectivity index is 2.39. The molecule has 3 heteroatoms. The zero-order valence-corrected chi connectivity index (χ0v) is 9.27. The Bertz CT molecular complexity index is 520. The fraction of sp³-hybridized carbons (Fsp3) is 0.231. The molecule has 80 valence electrons. The SMILES string of the molecule is CC(C)(C#N)c1coc(-c2ccccc2)n1. The molecule has 0 fully saturated rings. The molecule has 0 amide bonds. The van der Waals surface area contributed by atoms with Gasteiger partial charge in [0.05, 0.1) is 17.2 Å². The second kappa shape index (κ2) is 3.82. The third-order valence-electron chi connectivity index (χ3n) is 2.44. The van der Waals surface area contributed by atoms with Gasteiger partial charge in [0.25, 0.3) is 0 Å². The summed E-state index contributed by atoms with van der Waals surface area (Å²) >= 11 is 0. The average molecular weight is 212 g/mol. The van der Waals surface area contributed by atoms with E-state index in [0.29, 0.717) is 11.6 Å². The molecule has 2 rings (SSSR count). The summed E-state index contributed by atoms with van der Waals surface area (Å²) in [5, 5.41) is 9.00. The van der Waals surface area contributed by atoms with Crippen molar-refractivity contribution in [3.8, 4) is 17.5 Å². The van der Waals surface area contributed by atoms with Crippen molar-refractivity contribution >= 4 is 0 Å². The maximum absolute atomic E-state index is 9.00. The van der Waals surface area contributed by atoms with E-state index in [0.717, 1.165) is 5.56 Å². The smallest absolute Gasteiger partial charge is 0.226 e. The topological polar surface area (TPSA) is 49.8 Å². The molecule has 0 spiro atoms. The molecule has 16 heavy (non-hydrogen) atoms. The summed E-state index contributed by atoms with van der Waals surface area (Å²) in [7, 11) is 0. The van der Waals surface area contributed by atoms with Crippen molar-refractivity contribution in [2.45, 2.75) is 19.3 Å². The van der Waals surface area contributed by atoms with Crippen LogP contribution >= 0.6 is 0 Å². The van der Waals surface area contributed by atoms with Gasteiger partial charge < -0.3 is 4.42 Å². The highest BCUT2D eigenvalue weighted by molar-refractivity contribution is 5.53. The molecular formula is C13H12N2O. The molecule has 1 heterocycles. The van der Waals surface area contributed by atoms with Gasteiger partial charge in [0.15, 0.2) is 0 Å². The van der Waals surface area contributed by atoms with Crippen LogP contribution in [0.15, 0.2) is 41.0 Å². The van der Waals surface area contributed by atoms with Crippen LogP contribution in [0.25, 0.3) is 11.5 Å². The van der Waals surface area contributed by atoms with Crippen LogP contribution in [0.5, 0.6) is 0 Å². The predicted octanol–water partition coefficient (Wildman–Crippen LogP) is 3.14. The molecule has 1 aromatic heterocycles. The predicted molar refractivity (Wildman–Crippen MR) is 60.6 cm³/mol. The minimum Gasteiger partial charge on any atom is -0.444 e. The Hall–Kier alpha value is -2.08. The number of aromatic nitrogens is 1. The maximum atomic E-state index is 9.00. The zero-order valence-electron chi connectivity index (χ0n) is 9.27. The summed E-state index contributed by atoms with van der Waals surface area (Å²) in [5.74, 6) is 0.555. The first-order valence-corrected chi connectivity index (χ1v) is 5.06. The fourth-order valence-corrected chi connectivity index (χ4v) is 1.33. The molecule has 0 N–H and O–H groups in total. The van der Waals surface area contributed by atoms with Crippen LogP contribution in [0.4, 0.5) is 0 Å². The lowest BCUT2D eigenvalue weighted by Crippen LogP contribution is -2.14. The van der Waals surface area contributed by atoms with Gasteiger partial charge in [-0.05, 0) is 26.0 Å². The molecule has 0 saturated carbocycles. The third-order valence-corrected chi connectivity index (χ3v) is 2.44. The third kappa shape index (κ3) is 1.82. The highest BCUT2D eigenvalue weighted by Crippen LogP contribution is 2.25.